The number of hydrogen-bond donors (Lipinski definition) is 1. The van der Waals surface area contributed by atoms with Gasteiger partial charge in [0.05, 0.1) is 5.92 Å². The fourth-order valence-corrected chi connectivity index (χ4v) is 5.02. The summed E-state index contributed by atoms with van der Waals surface area (Å²) in [5, 5.41) is 3.32. The lowest BCUT2D eigenvalue weighted by Gasteiger charge is -2.47. The molecule has 4 atom stereocenters. The number of carbonyl (C=O) groups excluding carboxylic acids is 2. The maximum absolute atomic E-state index is 13.1. The molecule has 1 aromatic rings. The van der Waals surface area contributed by atoms with Crippen LogP contribution in [0.3, 0.4) is 0 Å². The first-order chi connectivity index (χ1) is 13.0. The average Bonchev–Trinajstić information content (AvgIpc) is 2.68. The van der Waals surface area contributed by atoms with Crippen LogP contribution in [0.5, 0.6) is 0 Å². The Kier molecular flexibility index (Phi) is 6.15. The molecule has 1 N–H and O–H groups in total. The van der Waals surface area contributed by atoms with Crippen LogP contribution in [0.4, 0.5) is 0 Å². The van der Waals surface area contributed by atoms with Crippen molar-refractivity contribution in [3.05, 3.63) is 34.2 Å². The minimum absolute atomic E-state index is 0. The summed E-state index contributed by atoms with van der Waals surface area (Å²) in [6.07, 6.45) is 2.80. The quantitative estimate of drug-likeness (QED) is 0.787. The van der Waals surface area contributed by atoms with Gasteiger partial charge in [-0.25, -0.2) is 0 Å². The van der Waals surface area contributed by atoms with Crippen molar-refractivity contribution in [1.29, 1.82) is 0 Å². The number of likely N-dealkylation sites (N-methyl/N-ethyl adjacent to an activating group) is 1. The van der Waals surface area contributed by atoms with Crippen LogP contribution in [0.25, 0.3) is 0 Å². The Bertz CT molecular complexity index is 803. The Balaban J connectivity index is 0.00000225. The zero-order chi connectivity index (χ0) is 19.1. The van der Waals surface area contributed by atoms with Gasteiger partial charge in [-0.1, -0.05) is 6.07 Å². The molecule has 7 nitrogen and oxygen atoms in total. The number of pyridine rings is 1. The number of halogens is 1. The monoisotopic (exact) mass is 408 g/mol. The summed E-state index contributed by atoms with van der Waals surface area (Å²) < 4.78 is 1.69. The number of likely N-dealkylation sites (tertiary alicyclic amines) is 1. The SMILES string of the molecule is CN(C)C(=O)[C@H]1[C@H]2C[C@H](CN(C(=O)[C@@H]3CCCNC3)C2)c2cccc(=O)n21.Cl. The van der Waals surface area contributed by atoms with E-state index in [2.05, 4.69) is 5.32 Å². The number of piperidine rings is 2. The van der Waals surface area contributed by atoms with Crippen LogP contribution in [0.15, 0.2) is 23.0 Å². The highest BCUT2D eigenvalue weighted by Crippen LogP contribution is 2.42. The van der Waals surface area contributed by atoms with Crippen LogP contribution >= 0.6 is 12.4 Å². The van der Waals surface area contributed by atoms with Gasteiger partial charge in [0.1, 0.15) is 6.04 Å². The third-order valence-electron chi connectivity index (χ3n) is 6.30. The smallest absolute Gasteiger partial charge is 0.251 e. The molecule has 0 aromatic carbocycles. The largest absolute Gasteiger partial charge is 0.347 e. The molecule has 0 saturated carbocycles. The first-order valence-electron chi connectivity index (χ1n) is 9.89. The van der Waals surface area contributed by atoms with Gasteiger partial charge in [-0.05, 0) is 31.9 Å². The van der Waals surface area contributed by atoms with Crippen molar-refractivity contribution in [3.8, 4) is 0 Å². The number of rotatable bonds is 2. The Morgan fingerprint density at radius 1 is 1.21 bits per heavy atom. The molecule has 8 heteroatoms. The second-order valence-electron chi connectivity index (χ2n) is 8.32. The number of amides is 2. The first-order valence-corrected chi connectivity index (χ1v) is 9.89. The minimum Gasteiger partial charge on any atom is -0.347 e. The van der Waals surface area contributed by atoms with Gasteiger partial charge in [-0.15, -0.1) is 12.4 Å². The molecule has 28 heavy (non-hydrogen) atoms. The van der Waals surface area contributed by atoms with E-state index in [1.165, 1.54) is 6.07 Å². The van der Waals surface area contributed by atoms with Crippen molar-refractivity contribution < 1.29 is 9.59 Å². The van der Waals surface area contributed by atoms with Crippen molar-refractivity contribution in [2.24, 2.45) is 11.8 Å². The molecule has 2 saturated heterocycles. The Labute approximate surface area is 171 Å². The molecule has 2 fully saturated rings. The summed E-state index contributed by atoms with van der Waals surface area (Å²) in [4.78, 5) is 42.1. The van der Waals surface area contributed by atoms with E-state index in [9.17, 15) is 14.4 Å². The predicted octanol–water partition coefficient (Wildman–Crippen LogP) is 0.845. The first kappa shape index (κ1) is 20.9. The van der Waals surface area contributed by atoms with E-state index in [0.717, 1.165) is 38.0 Å². The molecule has 0 spiro atoms. The Hall–Kier alpha value is -1.86. The maximum atomic E-state index is 13.1. The highest BCUT2D eigenvalue weighted by molar-refractivity contribution is 5.85. The molecule has 0 radical (unpaired) electrons. The van der Waals surface area contributed by atoms with E-state index in [-0.39, 0.29) is 47.5 Å². The van der Waals surface area contributed by atoms with Crippen molar-refractivity contribution in [2.45, 2.75) is 31.2 Å². The molecule has 4 heterocycles. The summed E-state index contributed by atoms with van der Waals surface area (Å²) in [6.45, 7) is 2.90. The molecule has 3 aliphatic heterocycles. The highest BCUT2D eigenvalue weighted by atomic mass is 35.5. The zero-order valence-electron chi connectivity index (χ0n) is 16.5. The fourth-order valence-electron chi connectivity index (χ4n) is 5.02. The van der Waals surface area contributed by atoms with E-state index in [0.29, 0.717) is 13.1 Å². The van der Waals surface area contributed by atoms with Crippen LogP contribution < -0.4 is 10.9 Å². The second kappa shape index (κ2) is 8.25. The molecule has 0 unspecified atom stereocenters. The fraction of sp³-hybridized carbons (Fsp3) is 0.650. The van der Waals surface area contributed by atoms with Gasteiger partial charge < -0.3 is 15.1 Å². The third kappa shape index (κ3) is 3.57. The number of hydrogen-bond acceptors (Lipinski definition) is 4. The lowest BCUT2D eigenvalue weighted by Crippen LogP contribution is -2.55. The van der Waals surface area contributed by atoms with Crippen molar-refractivity contribution in [1.82, 2.24) is 19.7 Å². The van der Waals surface area contributed by atoms with E-state index >= 15 is 0 Å². The van der Waals surface area contributed by atoms with Crippen LogP contribution in [0, 0.1) is 11.8 Å². The van der Waals surface area contributed by atoms with Gasteiger partial charge in [-0.3, -0.25) is 19.0 Å². The topological polar surface area (TPSA) is 74.7 Å². The molecule has 1 aromatic heterocycles. The van der Waals surface area contributed by atoms with Crippen LogP contribution in [0.1, 0.15) is 36.9 Å². The van der Waals surface area contributed by atoms with Gasteiger partial charge >= 0.3 is 0 Å². The molecule has 0 aliphatic carbocycles. The van der Waals surface area contributed by atoms with E-state index < -0.39 is 6.04 Å². The van der Waals surface area contributed by atoms with Crippen LogP contribution in [-0.4, -0.2) is 66.5 Å². The minimum atomic E-state index is -0.528. The second-order valence-corrected chi connectivity index (χ2v) is 8.32. The molecular weight excluding hydrogens is 380 g/mol. The van der Waals surface area contributed by atoms with E-state index in [1.807, 2.05) is 11.0 Å². The van der Waals surface area contributed by atoms with Gasteiger partial charge in [0.15, 0.2) is 0 Å². The molecule has 3 aliphatic rings. The lowest BCUT2D eigenvalue weighted by molar-refractivity contribution is -0.143. The lowest BCUT2D eigenvalue weighted by atomic mass is 9.77. The summed E-state index contributed by atoms with van der Waals surface area (Å²) in [5.74, 6) is 0.246. The summed E-state index contributed by atoms with van der Waals surface area (Å²) in [6, 6.07) is 4.70. The number of aromatic nitrogens is 1. The number of fused-ring (bicyclic) bond motifs is 4. The number of carbonyl (C=O) groups is 2. The molecular formula is C20H29ClN4O3. The van der Waals surface area contributed by atoms with E-state index in [1.54, 1.807) is 29.6 Å². The summed E-state index contributed by atoms with van der Waals surface area (Å²) in [7, 11) is 3.45. The van der Waals surface area contributed by atoms with Gasteiger partial charge in [-0.2, -0.15) is 0 Å². The average molecular weight is 409 g/mol. The summed E-state index contributed by atoms with van der Waals surface area (Å²) in [5.41, 5.74) is 0.761. The van der Waals surface area contributed by atoms with Gasteiger partial charge in [0, 0.05) is 57.3 Å². The Morgan fingerprint density at radius 3 is 2.68 bits per heavy atom. The highest BCUT2D eigenvalue weighted by Gasteiger charge is 2.45. The standard InChI is InChI=1S/C20H28N4O3.ClH/c1-22(2)20(27)18-15-9-14(16-6-3-7-17(25)24(16)18)11-23(12-15)19(26)13-5-4-8-21-10-13;/h3,6-7,13-15,18,21H,4-5,8-12H2,1-2H3;1H/t13-,14-,15+,18-;/m1./s1. The van der Waals surface area contributed by atoms with Crippen molar-refractivity contribution in [3.63, 3.8) is 0 Å². The van der Waals surface area contributed by atoms with Crippen LogP contribution in [-0.2, 0) is 9.59 Å². The predicted molar refractivity (Wildman–Crippen MR) is 109 cm³/mol. The normalized spacial score (nSPS) is 28.7. The van der Waals surface area contributed by atoms with Crippen molar-refractivity contribution >= 4 is 24.2 Å². The molecule has 4 rings (SSSR count). The van der Waals surface area contributed by atoms with E-state index in [4.69, 9.17) is 0 Å². The number of nitrogens with zero attached hydrogens (tertiary/aromatic N) is 3. The molecule has 154 valence electrons. The van der Waals surface area contributed by atoms with Gasteiger partial charge in [0.25, 0.3) is 5.56 Å². The summed E-state index contributed by atoms with van der Waals surface area (Å²) >= 11 is 0. The van der Waals surface area contributed by atoms with Gasteiger partial charge in [0.2, 0.25) is 11.8 Å². The zero-order valence-corrected chi connectivity index (χ0v) is 17.3. The maximum Gasteiger partial charge on any atom is 0.251 e. The van der Waals surface area contributed by atoms with Crippen LogP contribution in [0.2, 0.25) is 0 Å². The van der Waals surface area contributed by atoms with Crippen molar-refractivity contribution in [2.75, 3.05) is 40.3 Å². The molecule has 2 bridgehead atoms. The number of nitrogens with one attached hydrogen (secondary N) is 1. The third-order valence-corrected chi connectivity index (χ3v) is 6.30. The molecule has 2 amide bonds. The Morgan fingerprint density at radius 2 is 2.00 bits per heavy atom.